The van der Waals surface area contributed by atoms with Gasteiger partial charge in [-0.1, -0.05) is 24.3 Å². The average Bonchev–Trinajstić information content (AvgIpc) is 2.53. The van der Waals surface area contributed by atoms with Crippen molar-refractivity contribution in [1.29, 1.82) is 0 Å². The first-order valence-corrected chi connectivity index (χ1v) is 7.27. The van der Waals surface area contributed by atoms with E-state index in [4.69, 9.17) is 0 Å². The molecule has 0 spiro atoms. The van der Waals surface area contributed by atoms with Gasteiger partial charge in [0.25, 0.3) is 0 Å². The van der Waals surface area contributed by atoms with Crippen LogP contribution in [-0.4, -0.2) is 19.0 Å². The van der Waals surface area contributed by atoms with Gasteiger partial charge in [0.2, 0.25) is 5.91 Å². The number of nitrogens with one attached hydrogen (secondary N) is 2. The molecular weight excluding hydrogens is 324 g/mol. The summed E-state index contributed by atoms with van der Waals surface area (Å²) < 4.78 is 51.2. The molecule has 2 N–H and O–H groups in total. The first kappa shape index (κ1) is 17.9. The van der Waals surface area contributed by atoms with Gasteiger partial charge in [0, 0.05) is 0 Å². The van der Waals surface area contributed by atoms with Crippen LogP contribution in [0.3, 0.4) is 0 Å². The Kier molecular flexibility index (Phi) is 5.92. The van der Waals surface area contributed by atoms with E-state index in [9.17, 15) is 22.4 Å². The largest absolute Gasteiger partial charge is 0.418 e. The van der Waals surface area contributed by atoms with Crippen molar-refractivity contribution in [2.24, 2.45) is 0 Å². The molecule has 0 aliphatic carbocycles. The molecule has 128 valence electrons. The molecule has 0 fully saturated rings. The van der Waals surface area contributed by atoms with Crippen molar-refractivity contribution in [3.8, 4) is 0 Å². The number of hydrogen-bond acceptors (Lipinski definition) is 2. The minimum Gasteiger partial charge on any atom is -0.324 e. The molecule has 1 amide bonds. The van der Waals surface area contributed by atoms with Crippen molar-refractivity contribution in [2.75, 3.05) is 18.4 Å². The number of alkyl halides is 3. The second-order valence-corrected chi connectivity index (χ2v) is 5.14. The number of rotatable bonds is 6. The number of carbonyl (C=O) groups excluding carboxylic acids is 1. The van der Waals surface area contributed by atoms with E-state index in [1.54, 1.807) is 12.1 Å². The fraction of sp³-hybridized carbons (Fsp3) is 0.235. The lowest BCUT2D eigenvalue weighted by atomic mass is 10.1. The van der Waals surface area contributed by atoms with Gasteiger partial charge in [-0.15, -0.1) is 0 Å². The SMILES string of the molecule is O=C(CNCCc1ccc(F)cc1)Nc1ccccc1C(F)(F)F. The normalized spacial score (nSPS) is 11.3. The summed E-state index contributed by atoms with van der Waals surface area (Å²) >= 11 is 0. The molecule has 2 aromatic rings. The number of halogens is 4. The van der Waals surface area contributed by atoms with Crippen molar-refractivity contribution in [3.05, 3.63) is 65.5 Å². The van der Waals surface area contributed by atoms with Crippen molar-refractivity contribution in [3.63, 3.8) is 0 Å². The summed E-state index contributed by atoms with van der Waals surface area (Å²) in [6, 6.07) is 10.8. The molecule has 7 heteroatoms. The summed E-state index contributed by atoms with van der Waals surface area (Å²) in [7, 11) is 0. The summed E-state index contributed by atoms with van der Waals surface area (Å²) in [5, 5.41) is 5.09. The number of para-hydroxylation sites is 1. The molecule has 2 aromatic carbocycles. The van der Waals surface area contributed by atoms with Crippen molar-refractivity contribution in [1.82, 2.24) is 5.32 Å². The van der Waals surface area contributed by atoms with Gasteiger partial charge in [0.1, 0.15) is 5.82 Å². The minimum absolute atomic E-state index is 0.118. The number of anilines is 1. The molecule has 0 heterocycles. The Hall–Kier alpha value is -2.41. The third kappa shape index (κ3) is 5.34. The summed E-state index contributed by atoms with van der Waals surface area (Å²) in [5.74, 6) is -0.889. The second kappa shape index (κ2) is 7.92. The topological polar surface area (TPSA) is 41.1 Å². The van der Waals surface area contributed by atoms with Crippen molar-refractivity contribution >= 4 is 11.6 Å². The Morgan fingerprint density at radius 3 is 2.33 bits per heavy atom. The highest BCUT2D eigenvalue weighted by molar-refractivity contribution is 5.93. The van der Waals surface area contributed by atoms with Crippen LogP contribution >= 0.6 is 0 Å². The Morgan fingerprint density at radius 2 is 1.67 bits per heavy atom. The molecular formula is C17H16F4N2O. The molecule has 0 aliphatic rings. The smallest absolute Gasteiger partial charge is 0.324 e. The lowest BCUT2D eigenvalue weighted by Gasteiger charge is -2.13. The van der Waals surface area contributed by atoms with E-state index in [1.165, 1.54) is 30.3 Å². The lowest BCUT2D eigenvalue weighted by molar-refractivity contribution is -0.137. The van der Waals surface area contributed by atoms with E-state index < -0.39 is 17.6 Å². The maximum atomic E-state index is 12.8. The zero-order chi connectivity index (χ0) is 17.6. The van der Waals surface area contributed by atoms with Gasteiger partial charge in [-0.2, -0.15) is 13.2 Å². The second-order valence-electron chi connectivity index (χ2n) is 5.14. The van der Waals surface area contributed by atoms with Gasteiger partial charge < -0.3 is 10.6 Å². The van der Waals surface area contributed by atoms with Crippen LogP contribution in [0.5, 0.6) is 0 Å². The molecule has 0 saturated heterocycles. The minimum atomic E-state index is -4.53. The zero-order valence-electron chi connectivity index (χ0n) is 12.7. The van der Waals surface area contributed by atoms with E-state index in [0.29, 0.717) is 13.0 Å². The predicted octanol–water partition coefficient (Wildman–Crippen LogP) is 3.62. The molecule has 0 bridgehead atoms. The molecule has 0 saturated carbocycles. The predicted molar refractivity (Wildman–Crippen MR) is 83.0 cm³/mol. The van der Waals surface area contributed by atoms with Crippen molar-refractivity contribution < 1.29 is 22.4 Å². The Bertz CT molecular complexity index is 684. The van der Waals surface area contributed by atoms with Crippen LogP contribution in [0.15, 0.2) is 48.5 Å². The average molecular weight is 340 g/mol. The summed E-state index contributed by atoms with van der Waals surface area (Å²) in [6.07, 6.45) is -3.95. The molecule has 3 nitrogen and oxygen atoms in total. The summed E-state index contributed by atoms with van der Waals surface area (Å²) in [6.45, 7) is 0.327. The van der Waals surface area contributed by atoms with Crippen LogP contribution in [0.1, 0.15) is 11.1 Å². The third-order valence-electron chi connectivity index (χ3n) is 3.30. The number of amides is 1. The summed E-state index contributed by atoms with van der Waals surface area (Å²) in [5.41, 5.74) is -0.258. The van der Waals surface area contributed by atoms with Crippen molar-refractivity contribution in [2.45, 2.75) is 12.6 Å². The van der Waals surface area contributed by atoms with Gasteiger partial charge >= 0.3 is 6.18 Å². The quantitative estimate of drug-likeness (QED) is 0.623. The highest BCUT2D eigenvalue weighted by atomic mass is 19.4. The van der Waals surface area contributed by atoms with E-state index in [2.05, 4.69) is 10.6 Å². The Labute approximate surface area is 136 Å². The molecule has 0 unspecified atom stereocenters. The van der Waals surface area contributed by atoms with Crippen LogP contribution < -0.4 is 10.6 Å². The van der Waals surface area contributed by atoms with Crippen LogP contribution in [0.2, 0.25) is 0 Å². The first-order valence-electron chi connectivity index (χ1n) is 7.27. The lowest BCUT2D eigenvalue weighted by Crippen LogP contribution is -2.30. The highest BCUT2D eigenvalue weighted by Crippen LogP contribution is 2.34. The Morgan fingerprint density at radius 1 is 1.00 bits per heavy atom. The van der Waals surface area contributed by atoms with E-state index in [-0.39, 0.29) is 18.0 Å². The van der Waals surface area contributed by atoms with Gasteiger partial charge in [-0.25, -0.2) is 4.39 Å². The monoisotopic (exact) mass is 340 g/mol. The van der Waals surface area contributed by atoms with Gasteiger partial charge in [0.15, 0.2) is 0 Å². The third-order valence-corrected chi connectivity index (χ3v) is 3.30. The molecule has 2 rings (SSSR count). The fourth-order valence-corrected chi connectivity index (χ4v) is 2.12. The maximum absolute atomic E-state index is 12.8. The summed E-state index contributed by atoms with van der Waals surface area (Å²) in [4.78, 5) is 11.8. The van der Waals surface area contributed by atoms with E-state index >= 15 is 0 Å². The first-order chi connectivity index (χ1) is 11.4. The van der Waals surface area contributed by atoms with Crippen LogP contribution in [0.25, 0.3) is 0 Å². The van der Waals surface area contributed by atoms with Crippen LogP contribution in [0.4, 0.5) is 23.2 Å². The standard InChI is InChI=1S/C17H16F4N2O/c18-13-7-5-12(6-8-13)9-10-22-11-16(24)23-15-4-2-1-3-14(15)17(19,20)21/h1-8,22H,9-11H2,(H,23,24). The number of benzene rings is 2. The molecule has 24 heavy (non-hydrogen) atoms. The van der Waals surface area contributed by atoms with Crippen LogP contribution in [-0.2, 0) is 17.4 Å². The van der Waals surface area contributed by atoms with E-state index in [1.807, 2.05) is 0 Å². The van der Waals surface area contributed by atoms with Gasteiger partial charge in [0.05, 0.1) is 17.8 Å². The molecule has 0 aliphatic heterocycles. The zero-order valence-corrected chi connectivity index (χ0v) is 12.7. The number of carbonyl (C=O) groups is 1. The van der Waals surface area contributed by atoms with Crippen LogP contribution in [0, 0.1) is 5.82 Å². The molecule has 0 atom stereocenters. The fourth-order valence-electron chi connectivity index (χ4n) is 2.12. The van der Waals surface area contributed by atoms with Gasteiger partial charge in [-0.3, -0.25) is 4.79 Å². The highest BCUT2D eigenvalue weighted by Gasteiger charge is 2.33. The van der Waals surface area contributed by atoms with Gasteiger partial charge in [-0.05, 0) is 42.8 Å². The number of hydrogen-bond donors (Lipinski definition) is 2. The Balaban J connectivity index is 1.81. The van der Waals surface area contributed by atoms with E-state index in [0.717, 1.165) is 11.6 Å². The molecule has 0 radical (unpaired) electrons. The molecule has 0 aromatic heterocycles. The maximum Gasteiger partial charge on any atom is 0.418 e.